The highest BCUT2D eigenvalue weighted by Crippen LogP contribution is 2.29. The Bertz CT molecular complexity index is 1200. The Morgan fingerprint density at radius 2 is 1.82 bits per heavy atom. The summed E-state index contributed by atoms with van der Waals surface area (Å²) in [6.07, 6.45) is 1.43. The molecule has 0 aliphatic heterocycles. The highest BCUT2D eigenvalue weighted by molar-refractivity contribution is 6.42. The molecular weight excluding hydrogens is 467 g/mol. The lowest BCUT2D eigenvalue weighted by molar-refractivity contribution is -0.123. The fraction of sp³-hybridized carbons (Fsp3) is 0.125. The Balaban J connectivity index is 1.58. The number of amides is 1. The van der Waals surface area contributed by atoms with Crippen LogP contribution in [0.1, 0.15) is 21.5 Å². The predicted molar refractivity (Wildman–Crippen MR) is 127 cm³/mol. The third kappa shape index (κ3) is 6.97. The van der Waals surface area contributed by atoms with Gasteiger partial charge in [-0.15, -0.1) is 0 Å². The number of carbonyl (C=O) groups excluding carboxylic acids is 2. The zero-order chi connectivity index (χ0) is 23.8. The Morgan fingerprint density at radius 1 is 1.00 bits per heavy atom. The van der Waals surface area contributed by atoms with Crippen LogP contribution in [0.15, 0.2) is 65.8 Å². The van der Waals surface area contributed by atoms with E-state index in [1.807, 2.05) is 25.1 Å². The molecule has 0 aliphatic rings. The Labute approximate surface area is 200 Å². The van der Waals surface area contributed by atoms with Crippen LogP contribution in [0.25, 0.3) is 0 Å². The van der Waals surface area contributed by atoms with Crippen molar-refractivity contribution < 1.29 is 23.8 Å². The van der Waals surface area contributed by atoms with Gasteiger partial charge in [-0.25, -0.2) is 10.2 Å². The standard InChI is InChI=1S/C24H20Cl2N2O5/c1-15-4-3-5-18(10-15)32-14-23(29)28-27-13-16-6-9-21(22(11-16)31-2)33-24(30)17-7-8-19(25)20(26)12-17/h3-13H,14H2,1-2H3,(H,28,29)/b27-13-. The summed E-state index contributed by atoms with van der Waals surface area (Å²) in [5.41, 5.74) is 4.28. The number of halogens is 2. The molecule has 0 aliphatic carbocycles. The van der Waals surface area contributed by atoms with Crippen molar-refractivity contribution in [2.75, 3.05) is 13.7 Å². The monoisotopic (exact) mass is 486 g/mol. The van der Waals surface area contributed by atoms with E-state index in [9.17, 15) is 9.59 Å². The van der Waals surface area contributed by atoms with Gasteiger partial charge in [0, 0.05) is 0 Å². The van der Waals surface area contributed by atoms with Gasteiger partial charge >= 0.3 is 5.97 Å². The summed E-state index contributed by atoms with van der Waals surface area (Å²) in [7, 11) is 1.44. The van der Waals surface area contributed by atoms with E-state index in [0.29, 0.717) is 22.1 Å². The number of aryl methyl sites for hydroxylation is 1. The lowest BCUT2D eigenvalue weighted by atomic mass is 10.2. The van der Waals surface area contributed by atoms with E-state index in [1.165, 1.54) is 31.5 Å². The number of carbonyl (C=O) groups is 2. The fourth-order valence-corrected chi connectivity index (χ4v) is 2.99. The number of benzene rings is 3. The first kappa shape index (κ1) is 24.1. The maximum absolute atomic E-state index is 12.4. The van der Waals surface area contributed by atoms with E-state index < -0.39 is 11.9 Å². The number of hydrogen-bond acceptors (Lipinski definition) is 6. The third-order valence-corrected chi connectivity index (χ3v) is 5.05. The molecule has 1 amide bonds. The lowest BCUT2D eigenvalue weighted by Crippen LogP contribution is -2.24. The first-order valence-corrected chi connectivity index (χ1v) is 10.5. The number of esters is 1. The van der Waals surface area contributed by atoms with Crippen LogP contribution in [0, 0.1) is 6.92 Å². The smallest absolute Gasteiger partial charge is 0.343 e. The molecule has 3 aromatic carbocycles. The summed E-state index contributed by atoms with van der Waals surface area (Å²) in [5.74, 6) is 0.0914. The highest BCUT2D eigenvalue weighted by Gasteiger charge is 2.14. The van der Waals surface area contributed by atoms with Crippen molar-refractivity contribution in [1.82, 2.24) is 5.43 Å². The second-order valence-corrected chi connectivity index (χ2v) is 7.64. The van der Waals surface area contributed by atoms with Crippen LogP contribution < -0.4 is 19.6 Å². The van der Waals surface area contributed by atoms with Gasteiger partial charge in [-0.1, -0.05) is 35.3 Å². The predicted octanol–water partition coefficient (Wildman–Crippen LogP) is 5.06. The molecule has 170 valence electrons. The quantitative estimate of drug-likeness (QED) is 0.208. The molecule has 0 saturated heterocycles. The SMILES string of the molecule is COc1cc(/C=N\NC(=O)COc2cccc(C)c2)ccc1OC(=O)c1ccc(Cl)c(Cl)c1. The summed E-state index contributed by atoms with van der Waals surface area (Å²) < 4.78 is 16.1. The topological polar surface area (TPSA) is 86.2 Å². The van der Waals surface area contributed by atoms with Crippen molar-refractivity contribution in [2.24, 2.45) is 5.10 Å². The molecule has 33 heavy (non-hydrogen) atoms. The molecule has 0 fully saturated rings. The Morgan fingerprint density at radius 3 is 2.55 bits per heavy atom. The number of nitrogens with one attached hydrogen (secondary N) is 1. The molecule has 7 nitrogen and oxygen atoms in total. The molecule has 0 atom stereocenters. The molecule has 0 spiro atoms. The van der Waals surface area contributed by atoms with Crippen LogP contribution in [0.3, 0.4) is 0 Å². The Hall–Kier alpha value is -3.55. The number of hydrazone groups is 1. The minimum Gasteiger partial charge on any atom is -0.493 e. The largest absolute Gasteiger partial charge is 0.493 e. The van der Waals surface area contributed by atoms with Gasteiger partial charge < -0.3 is 14.2 Å². The number of methoxy groups -OCH3 is 1. The molecule has 3 rings (SSSR count). The summed E-state index contributed by atoms with van der Waals surface area (Å²) in [6, 6.07) is 16.6. The third-order valence-electron chi connectivity index (χ3n) is 4.31. The van der Waals surface area contributed by atoms with Crippen molar-refractivity contribution in [3.8, 4) is 17.2 Å². The Kier molecular flexibility index (Phi) is 8.29. The van der Waals surface area contributed by atoms with Gasteiger partial charge in [-0.3, -0.25) is 4.79 Å². The van der Waals surface area contributed by atoms with Crippen LogP contribution >= 0.6 is 23.2 Å². The molecule has 0 aromatic heterocycles. The summed E-state index contributed by atoms with van der Waals surface area (Å²) in [6.45, 7) is 1.76. The van der Waals surface area contributed by atoms with Crippen molar-refractivity contribution in [1.29, 1.82) is 0 Å². The van der Waals surface area contributed by atoms with Gasteiger partial charge in [-0.05, 0) is 66.6 Å². The molecule has 3 aromatic rings. The van der Waals surface area contributed by atoms with Gasteiger partial charge in [-0.2, -0.15) is 5.10 Å². The number of nitrogens with zero attached hydrogens (tertiary/aromatic N) is 1. The van der Waals surface area contributed by atoms with Gasteiger partial charge in [0.25, 0.3) is 5.91 Å². The molecule has 9 heteroatoms. The first-order valence-electron chi connectivity index (χ1n) is 9.72. The minimum absolute atomic E-state index is 0.173. The van der Waals surface area contributed by atoms with E-state index in [1.54, 1.807) is 24.3 Å². The summed E-state index contributed by atoms with van der Waals surface area (Å²) in [5, 5.41) is 4.49. The normalized spacial score (nSPS) is 10.7. The maximum Gasteiger partial charge on any atom is 0.343 e. The highest BCUT2D eigenvalue weighted by atomic mass is 35.5. The number of rotatable bonds is 8. The first-order chi connectivity index (χ1) is 15.9. The molecular formula is C24H20Cl2N2O5. The van der Waals surface area contributed by atoms with Crippen molar-refractivity contribution in [2.45, 2.75) is 6.92 Å². The summed E-state index contributed by atoms with van der Waals surface area (Å²) in [4.78, 5) is 24.3. The zero-order valence-electron chi connectivity index (χ0n) is 17.8. The van der Waals surface area contributed by atoms with Gasteiger partial charge in [0.2, 0.25) is 0 Å². The van der Waals surface area contributed by atoms with Crippen LogP contribution in [-0.4, -0.2) is 31.8 Å². The number of ether oxygens (including phenoxy) is 3. The van der Waals surface area contributed by atoms with E-state index in [2.05, 4.69) is 10.5 Å². The molecule has 0 unspecified atom stereocenters. The van der Waals surface area contributed by atoms with E-state index >= 15 is 0 Å². The average Bonchev–Trinajstić information content (AvgIpc) is 2.80. The van der Waals surface area contributed by atoms with E-state index in [0.717, 1.165) is 5.56 Å². The van der Waals surface area contributed by atoms with Crippen LogP contribution in [0.4, 0.5) is 0 Å². The van der Waals surface area contributed by atoms with Gasteiger partial charge in [0.05, 0.1) is 28.9 Å². The molecule has 1 N–H and O–H groups in total. The zero-order valence-corrected chi connectivity index (χ0v) is 19.3. The fourth-order valence-electron chi connectivity index (χ4n) is 2.70. The van der Waals surface area contributed by atoms with Crippen molar-refractivity contribution in [3.05, 3.63) is 87.4 Å². The van der Waals surface area contributed by atoms with E-state index in [4.69, 9.17) is 37.4 Å². The van der Waals surface area contributed by atoms with Crippen LogP contribution in [0.5, 0.6) is 17.2 Å². The maximum atomic E-state index is 12.4. The molecule has 0 heterocycles. The average molecular weight is 487 g/mol. The van der Waals surface area contributed by atoms with E-state index in [-0.39, 0.29) is 22.9 Å². The second kappa shape index (κ2) is 11.4. The van der Waals surface area contributed by atoms with Crippen LogP contribution in [0.2, 0.25) is 10.0 Å². The van der Waals surface area contributed by atoms with Crippen molar-refractivity contribution >= 4 is 41.3 Å². The van der Waals surface area contributed by atoms with Crippen molar-refractivity contribution in [3.63, 3.8) is 0 Å². The van der Waals surface area contributed by atoms with Gasteiger partial charge in [0.1, 0.15) is 5.75 Å². The molecule has 0 radical (unpaired) electrons. The molecule has 0 bridgehead atoms. The minimum atomic E-state index is -0.617. The van der Waals surface area contributed by atoms with Gasteiger partial charge in [0.15, 0.2) is 18.1 Å². The summed E-state index contributed by atoms with van der Waals surface area (Å²) >= 11 is 11.8. The molecule has 0 saturated carbocycles. The lowest BCUT2D eigenvalue weighted by Gasteiger charge is -2.10. The second-order valence-electron chi connectivity index (χ2n) is 6.83. The number of hydrogen-bond donors (Lipinski definition) is 1. The van der Waals surface area contributed by atoms with Crippen LogP contribution in [-0.2, 0) is 4.79 Å².